The molecule has 0 saturated carbocycles. The van der Waals surface area contributed by atoms with E-state index in [1.807, 2.05) is 0 Å². The molecular weight excluding hydrogens is 237 g/mol. The molecule has 1 aromatic rings. The third kappa shape index (κ3) is 3.16. The normalized spacial score (nSPS) is 19.5. The fourth-order valence-corrected chi connectivity index (χ4v) is 2.14. The lowest BCUT2D eigenvalue weighted by Crippen LogP contribution is -2.39. The highest BCUT2D eigenvalue weighted by Gasteiger charge is 2.17. The summed E-state index contributed by atoms with van der Waals surface area (Å²) < 4.78 is 13.1. The van der Waals surface area contributed by atoms with Crippen molar-refractivity contribution in [2.45, 2.75) is 25.3 Å². The van der Waals surface area contributed by atoms with E-state index in [9.17, 15) is 14.5 Å². The smallest absolute Gasteiger partial charge is 0.292 e. The second kappa shape index (κ2) is 5.77. The van der Waals surface area contributed by atoms with Gasteiger partial charge in [-0.15, -0.1) is 0 Å². The molecule has 2 N–H and O–H groups in total. The Hall–Kier alpha value is -1.69. The van der Waals surface area contributed by atoms with Gasteiger partial charge in [-0.05, 0) is 25.5 Å². The fourth-order valence-electron chi connectivity index (χ4n) is 2.14. The average Bonchev–Trinajstić information content (AvgIpc) is 2.37. The molecule has 98 valence electrons. The number of hydrogen-bond donors (Lipinski definition) is 2. The van der Waals surface area contributed by atoms with Gasteiger partial charge in [0, 0.05) is 24.7 Å². The minimum atomic E-state index is -0.504. The van der Waals surface area contributed by atoms with Crippen LogP contribution in [0.2, 0.25) is 0 Å². The molecule has 2 rings (SSSR count). The summed E-state index contributed by atoms with van der Waals surface area (Å²) in [7, 11) is 0. The molecule has 18 heavy (non-hydrogen) atoms. The highest BCUT2D eigenvalue weighted by molar-refractivity contribution is 5.61. The molecule has 1 aliphatic rings. The van der Waals surface area contributed by atoms with Crippen LogP contribution < -0.4 is 10.6 Å². The van der Waals surface area contributed by atoms with Crippen molar-refractivity contribution in [1.82, 2.24) is 5.32 Å². The Bertz CT molecular complexity index is 433. The van der Waals surface area contributed by atoms with Crippen LogP contribution in [-0.4, -0.2) is 24.1 Å². The number of piperidine rings is 1. The number of nitrogens with zero attached hydrogens (tertiary/aromatic N) is 1. The van der Waals surface area contributed by atoms with Crippen LogP contribution in [0.25, 0.3) is 0 Å². The van der Waals surface area contributed by atoms with Crippen LogP contribution in [0, 0.1) is 15.9 Å². The second-order valence-corrected chi connectivity index (χ2v) is 4.45. The molecule has 0 aliphatic carbocycles. The average molecular weight is 253 g/mol. The van der Waals surface area contributed by atoms with Crippen LogP contribution in [0.5, 0.6) is 0 Å². The summed E-state index contributed by atoms with van der Waals surface area (Å²) in [6.07, 6.45) is 3.36. The van der Waals surface area contributed by atoms with Gasteiger partial charge >= 0.3 is 0 Å². The first-order valence-corrected chi connectivity index (χ1v) is 6.08. The lowest BCUT2D eigenvalue weighted by molar-refractivity contribution is -0.384. The topological polar surface area (TPSA) is 67.2 Å². The first-order valence-electron chi connectivity index (χ1n) is 6.08. The van der Waals surface area contributed by atoms with Gasteiger partial charge in [-0.3, -0.25) is 10.1 Å². The van der Waals surface area contributed by atoms with Crippen LogP contribution >= 0.6 is 0 Å². The SMILES string of the molecule is O=[N+]([O-])c1ccc(F)cc1NCC1CCCCN1. The van der Waals surface area contributed by atoms with Crippen molar-refractivity contribution >= 4 is 11.4 Å². The van der Waals surface area contributed by atoms with E-state index < -0.39 is 10.7 Å². The zero-order chi connectivity index (χ0) is 13.0. The van der Waals surface area contributed by atoms with Crippen molar-refractivity contribution in [3.8, 4) is 0 Å². The van der Waals surface area contributed by atoms with Crippen molar-refractivity contribution in [2.24, 2.45) is 0 Å². The quantitative estimate of drug-likeness (QED) is 0.638. The van der Waals surface area contributed by atoms with Gasteiger partial charge in [0.25, 0.3) is 5.69 Å². The van der Waals surface area contributed by atoms with Gasteiger partial charge in [-0.2, -0.15) is 0 Å². The molecule has 1 aromatic carbocycles. The van der Waals surface area contributed by atoms with Gasteiger partial charge in [0.1, 0.15) is 11.5 Å². The molecule has 1 saturated heterocycles. The van der Waals surface area contributed by atoms with E-state index in [-0.39, 0.29) is 11.4 Å². The Kier molecular flexibility index (Phi) is 4.09. The maximum atomic E-state index is 13.1. The molecule has 1 aliphatic heterocycles. The summed E-state index contributed by atoms with van der Waals surface area (Å²) in [4.78, 5) is 10.3. The number of nitrogens with one attached hydrogen (secondary N) is 2. The van der Waals surface area contributed by atoms with Crippen LogP contribution in [0.4, 0.5) is 15.8 Å². The van der Waals surface area contributed by atoms with Crippen LogP contribution in [0.15, 0.2) is 18.2 Å². The van der Waals surface area contributed by atoms with Crippen LogP contribution in [0.3, 0.4) is 0 Å². The monoisotopic (exact) mass is 253 g/mol. The molecule has 5 nitrogen and oxygen atoms in total. The largest absolute Gasteiger partial charge is 0.378 e. The number of nitro groups is 1. The highest BCUT2D eigenvalue weighted by Crippen LogP contribution is 2.25. The lowest BCUT2D eigenvalue weighted by atomic mass is 10.1. The molecule has 6 heteroatoms. The Labute approximate surface area is 105 Å². The van der Waals surface area contributed by atoms with E-state index in [4.69, 9.17) is 0 Å². The van der Waals surface area contributed by atoms with Crippen molar-refractivity contribution in [2.75, 3.05) is 18.4 Å². The van der Waals surface area contributed by atoms with E-state index >= 15 is 0 Å². The molecular formula is C12H16FN3O2. The van der Waals surface area contributed by atoms with Crippen molar-refractivity contribution in [1.29, 1.82) is 0 Å². The van der Waals surface area contributed by atoms with E-state index in [2.05, 4.69) is 10.6 Å². The van der Waals surface area contributed by atoms with Crippen LogP contribution in [0.1, 0.15) is 19.3 Å². The summed E-state index contributed by atoms with van der Waals surface area (Å²) in [5, 5.41) is 17.1. The molecule has 0 bridgehead atoms. The summed E-state index contributed by atoms with van der Waals surface area (Å²) in [5.74, 6) is -0.472. The Morgan fingerprint density at radius 2 is 2.33 bits per heavy atom. The van der Waals surface area contributed by atoms with Gasteiger partial charge in [0.15, 0.2) is 0 Å². The zero-order valence-corrected chi connectivity index (χ0v) is 9.99. The van der Waals surface area contributed by atoms with Crippen molar-refractivity contribution in [3.05, 3.63) is 34.1 Å². The molecule has 1 atom stereocenters. The number of benzene rings is 1. The standard InChI is InChI=1S/C12H16FN3O2/c13-9-4-5-12(16(17)18)11(7-9)15-8-10-3-1-2-6-14-10/h4-5,7,10,14-15H,1-3,6,8H2. The lowest BCUT2D eigenvalue weighted by Gasteiger charge is -2.24. The number of hydrogen-bond acceptors (Lipinski definition) is 4. The Balaban J connectivity index is 2.03. The fraction of sp³-hybridized carbons (Fsp3) is 0.500. The Morgan fingerprint density at radius 1 is 1.50 bits per heavy atom. The maximum absolute atomic E-state index is 13.1. The minimum absolute atomic E-state index is 0.0905. The molecule has 0 radical (unpaired) electrons. The van der Waals surface area contributed by atoms with Crippen LogP contribution in [-0.2, 0) is 0 Å². The molecule has 0 amide bonds. The molecule has 1 heterocycles. The van der Waals surface area contributed by atoms with Gasteiger partial charge < -0.3 is 10.6 Å². The summed E-state index contributed by atoms with van der Waals surface area (Å²) in [5.41, 5.74) is 0.152. The second-order valence-electron chi connectivity index (χ2n) is 4.45. The maximum Gasteiger partial charge on any atom is 0.292 e. The van der Waals surface area contributed by atoms with Gasteiger partial charge in [0.05, 0.1) is 4.92 Å². The predicted octanol–water partition coefficient (Wildman–Crippen LogP) is 2.29. The molecule has 0 aromatic heterocycles. The summed E-state index contributed by atoms with van der Waals surface area (Å²) in [6, 6.07) is 3.75. The summed E-state index contributed by atoms with van der Waals surface area (Å²) in [6.45, 7) is 1.54. The molecule has 1 fully saturated rings. The van der Waals surface area contributed by atoms with Gasteiger partial charge in [0.2, 0.25) is 0 Å². The third-order valence-electron chi connectivity index (χ3n) is 3.11. The van der Waals surface area contributed by atoms with Crippen molar-refractivity contribution in [3.63, 3.8) is 0 Å². The highest BCUT2D eigenvalue weighted by atomic mass is 19.1. The van der Waals surface area contributed by atoms with E-state index in [1.54, 1.807) is 0 Å². The van der Waals surface area contributed by atoms with Gasteiger partial charge in [-0.1, -0.05) is 6.42 Å². The minimum Gasteiger partial charge on any atom is -0.378 e. The zero-order valence-electron chi connectivity index (χ0n) is 9.99. The van der Waals surface area contributed by atoms with E-state index in [0.717, 1.165) is 31.9 Å². The van der Waals surface area contributed by atoms with Gasteiger partial charge in [-0.25, -0.2) is 4.39 Å². The first kappa shape index (κ1) is 12.8. The number of anilines is 1. The number of halogens is 1. The molecule has 0 spiro atoms. The third-order valence-corrected chi connectivity index (χ3v) is 3.11. The van der Waals surface area contributed by atoms with Crippen molar-refractivity contribution < 1.29 is 9.31 Å². The number of rotatable bonds is 4. The number of nitro benzene ring substituents is 1. The summed E-state index contributed by atoms with van der Waals surface area (Å²) >= 11 is 0. The van der Waals surface area contributed by atoms with E-state index in [0.29, 0.717) is 12.6 Å². The Morgan fingerprint density at radius 3 is 3.00 bits per heavy atom. The van der Waals surface area contributed by atoms with E-state index in [1.165, 1.54) is 12.1 Å². The predicted molar refractivity (Wildman–Crippen MR) is 67.2 cm³/mol. The first-order chi connectivity index (χ1) is 8.66. The molecule has 1 unspecified atom stereocenters.